The Morgan fingerprint density at radius 1 is 1.43 bits per heavy atom. The van der Waals surface area contributed by atoms with Gasteiger partial charge in [0.15, 0.2) is 0 Å². The van der Waals surface area contributed by atoms with E-state index in [1.807, 2.05) is 6.08 Å². The van der Waals surface area contributed by atoms with Crippen LogP contribution in [0.25, 0.3) is 0 Å². The smallest absolute Gasteiger partial charge is 0.0316 e. The number of allylic oxidation sites excluding steroid dienone is 2. The van der Waals surface area contributed by atoms with Crippen molar-refractivity contribution in [1.29, 1.82) is 0 Å². The topological polar surface area (TPSA) is 0 Å². The van der Waals surface area contributed by atoms with Gasteiger partial charge in [-0.15, -0.1) is 0 Å². The fraction of sp³-hybridized carbons (Fsp3) is 0.429. The van der Waals surface area contributed by atoms with Crippen LogP contribution in [-0.2, 0) is 0 Å². The molecule has 0 rings (SSSR count). The molecule has 2 radical (unpaired) electrons. The highest BCUT2D eigenvalue weighted by atomic mass is 13.8. The van der Waals surface area contributed by atoms with Crippen molar-refractivity contribution < 1.29 is 0 Å². The average molecular weight is 96.2 g/mol. The standard InChI is InChI=1S/C7H12/c1-3-5-7-6-4-2/h3,5H,1-2,4,6-7H2/b5-3+. The highest BCUT2D eigenvalue weighted by Gasteiger charge is 1.73. The molecule has 0 aromatic heterocycles. The molecule has 0 atom stereocenters. The molecule has 0 bridgehead atoms. The Kier molecular flexibility index (Phi) is 5.53. The zero-order chi connectivity index (χ0) is 5.54. The SMILES string of the molecule is [CH2]/C=C/CCC[CH2]. The molecule has 0 heterocycles. The molecule has 0 nitrogen and oxygen atoms in total. The highest BCUT2D eigenvalue weighted by Crippen LogP contribution is 1.92. The van der Waals surface area contributed by atoms with Crippen molar-refractivity contribution in [3.8, 4) is 0 Å². The summed E-state index contributed by atoms with van der Waals surface area (Å²) in [5, 5.41) is 0. The Balaban J connectivity index is 2.69. The van der Waals surface area contributed by atoms with Crippen LogP contribution in [0.2, 0.25) is 0 Å². The lowest BCUT2D eigenvalue weighted by atomic mass is 10.2. The molecule has 0 spiro atoms. The minimum Gasteiger partial charge on any atom is -0.0885 e. The lowest BCUT2D eigenvalue weighted by Crippen LogP contribution is -1.64. The van der Waals surface area contributed by atoms with Gasteiger partial charge in [0.2, 0.25) is 0 Å². The van der Waals surface area contributed by atoms with Crippen LogP contribution in [0.1, 0.15) is 19.3 Å². The molecule has 0 aliphatic rings. The summed E-state index contributed by atoms with van der Waals surface area (Å²) in [7, 11) is 0. The zero-order valence-electron chi connectivity index (χ0n) is 4.69. The monoisotopic (exact) mass is 96.1 g/mol. The minimum atomic E-state index is 1.03. The summed E-state index contributed by atoms with van der Waals surface area (Å²) < 4.78 is 0. The maximum absolute atomic E-state index is 3.70. The summed E-state index contributed by atoms with van der Waals surface area (Å²) >= 11 is 0. The molecule has 0 saturated carbocycles. The van der Waals surface area contributed by atoms with E-state index < -0.39 is 0 Å². The minimum absolute atomic E-state index is 1.03. The summed E-state index contributed by atoms with van der Waals surface area (Å²) in [6.45, 7) is 7.26. The van der Waals surface area contributed by atoms with Gasteiger partial charge in [0.05, 0.1) is 0 Å². The molecule has 0 aliphatic heterocycles. The number of hydrogen-bond acceptors (Lipinski definition) is 0. The van der Waals surface area contributed by atoms with Crippen molar-refractivity contribution in [2.75, 3.05) is 0 Å². The van der Waals surface area contributed by atoms with E-state index in [9.17, 15) is 0 Å². The van der Waals surface area contributed by atoms with Crippen molar-refractivity contribution >= 4 is 0 Å². The Morgan fingerprint density at radius 3 is 2.57 bits per heavy atom. The predicted molar refractivity (Wildman–Crippen MR) is 33.7 cm³/mol. The quantitative estimate of drug-likeness (QED) is 0.473. The number of unbranched alkanes of at least 4 members (excludes halogenated alkanes) is 2. The summed E-state index contributed by atoms with van der Waals surface area (Å²) in [5.74, 6) is 0. The lowest BCUT2D eigenvalue weighted by Gasteiger charge is -1.83. The lowest BCUT2D eigenvalue weighted by molar-refractivity contribution is 0.866. The van der Waals surface area contributed by atoms with Gasteiger partial charge in [0.1, 0.15) is 0 Å². The molecule has 0 aromatic carbocycles. The molecule has 0 amide bonds. The third kappa shape index (κ3) is 5.74. The zero-order valence-corrected chi connectivity index (χ0v) is 4.69. The summed E-state index contributed by atoms with van der Waals surface area (Å²) in [6.07, 6.45) is 7.24. The van der Waals surface area contributed by atoms with E-state index in [0.29, 0.717) is 0 Å². The van der Waals surface area contributed by atoms with E-state index in [-0.39, 0.29) is 0 Å². The Bertz CT molecular complexity index is 44.0. The van der Waals surface area contributed by atoms with Gasteiger partial charge < -0.3 is 0 Å². The van der Waals surface area contributed by atoms with E-state index in [1.165, 1.54) is 6.42 Å². The molecular formula is C7H12. The average Bonchev–Trinajstić information content (AvgIpc) is 1.69. The van der Waals surface area contributed by atoms with Crippen molar-refractivity contribution in [3.63, 3.8) is 0 Å². The summed E-state index contributed by atoms with van der Waals surface area (Å²) in [5.41, 5.74) is 0. The van der Waals surface area contributed by atoms with Crippen molar-refractivity contribution in [1.82, 2.24) is 0 Å². The molecule has 0 aliphatic carbocycles. The second-order valence-electron chi connectivity index (χ2n) is 1.47. The van der Waals surface area contributed by atoms with Gasteiger partial charge in [-0.1, -0.05) is 25.5 Å². The van der Waals surface area contributed by atoms with E-state index in [2.05, 4.69) is 19.9 Å². The van der Waals surface area contributed by atoms with Gasteiger partial charge in [-0.2, -0.15) is 0 Å². The highest BCUT2D eigenvalue weighted by molar-refractivity contribution is 4.83. The molecular weight excluding hydrogens is 84.1 g/mol. The Morgan fingerprint density at radius 2 is 2.14 bits per heavy atom. The molecule has 0 fully saturated rings. The number of rotatable bonds is 3. The van der Waals surface area contributed by atoms with Crippen LogP contribution in [-0.4, -0.2) is 0 Å². The van der Waals surface area contributed by atoms with Crippen LogP contribution in [0.4, 0.5) is 0 Å². The first kappa shape index (κ1) is 6.74. The van der Waals surface area contributed by atoms with Gasteiger partial charge in [-0.25, -0.2) is 0 Å². The fourth-order valence-electron chi connectivity index (χ4n) is 0.380. The van der Waals surface area contributed by atoms with Crippen LogP contribution >= 0.6 is 0 Å². The van der Waals surface area contributed by atoms with Crippen LogP contribution in [0.3, 0.4) is 0 Å². The predicted octanol–water partition coefficient (Wildman–Crippen LogP) is 2.38. The van der Waals surface area contributed by atoms with Gasteiger partial charge >= 0.3 is 0 Å². The second kappa shape index (κ2) is 5.74. The fourth-order valence-corrected chi connectivity index (χ4v) is 0.380. The van der Waals surface area contributed by atoms with E-state index in [4.69, 9.17) is 0 Å². The van der Waals surface area contributed by atoms with Crippen LogP contribution in [0, 0.1) is 13.8 Å². The first-order valence-electron chi connectivity index (χ1n) is 2.65. The summed E-state index contributed by atoms with van der Waals surface area (Å²) in [6, 6.07) is 0. The maximum atomic E-state index is 3.70. The van der Waals surface area contributed by atoms with E-state index in [1.54, 1.807) is 0 Å². The molecule has 0 unspecified atom stereocenters. The Labute approximate surface area is 46.2 Å². The number of hydrogen-bond donors (Lipinski definition) is 0. The normalized spacial score (nSPS) is 10.6. The van der Waals surface area contributed by atoms with E-state index >= 15 is 0 Å². The third-order valence-corrected chi connectivity index (χ3v) is 0.787. The van der Waals surface area contributed by atoms with Crippen LogP contribution in [0.5, 0.6) is 0 Å². The van der Waals surface area contributed by atoms with Gasteiger partial charge in [0.25, 0.3) is 0 Å². The van der Waals surface area contributed by atoms with Crippen molar-refractivity contribution in [3.05, 3.63) is 26.0 Å². The van der Waals surface area contributed by atoms with Crippen molar-refractivity contribution in [2.24, 2.45) is 0 Å². The summed E-state index contributed by atoms with van der Waals surface area (Å²) in [4.78, 5) is 0. The van der Waals surface area contributed by atoms with Crippen LogP contribution < -0.4 is 0 Å². The molecule has 0 aromatic rings. The molecule has 40 valence electrons. The van der Waals surface area contributed by atoms with Gasteiger partial charge in [0, 0.05) is 0 Å². The van der Waals surface area contributed by atoms with Gasteiger partial charge in [-0.3, -0.25) is 0 Å². The molecule has 7 heavy (non-hydrogen) atoms. The molecule has 0 saturated heterocycles. The molecule has 0 N–H and O–H groups in total. The second-order valence-corrected chi connectivity index (χ2v) is 1.47. The third-order valence-electron chi connectivity index (χ3n) is 0.787. The van der Waals surface area contributed by atoms with Gasteiger partial charge in [-0.05, 0) is 19.8 Å². The first-order valence-corrected chi connectivity index (χ1v) is 2.65. The largest absolute Gasteiger partial charge is 0.0885 e. The van der Waals surface area contributed by atoms with Crippen LogP contribution in [0.15, 0.2) is 12.2 Å². The van der Waals surface area contributed by atoms with E-state index in [0.717, 1.165) is 12.8 Å². The maximum Gasteiger partial charge on any atom is -0.0316 e. The molecule has 0 heteroatoms. The Hall–Kier alpha value is -0.260. The van der Waals surface area contributed by atoms with Crippen molar-refractivity contribution in [2.45, 2.75) is 19.3 Å². The first-order chi connectivity index (χ1) is 3.41.